The van der Waals surface area contributed by atoms with Crippen LogP contribution in [0.1, 0.15) is 26.5 Å². The van der Waals surface area contributed by atoms with Gasteiger partial charge in [0.1, 0.15) is 5.75 Å². The molecule has 8 heteroatoms. The Hall–Kier alpha value is -2.97. The lowest BCUT2D eigenvalue weighted by Gasteiger charge is -2.17. The predicted octanol–water partition coefficient (Wildman–Crippen LogP) is 3.72. The maximum atomic E-state index is 12.6. The molecule has 0 saturated carbocycles. The normalized spacial score (nSPS) is 16.0. The van der Waals surface area contributed by atoms with Gasteiger partial charge in [0.2, 0.25) is 17.6 Å². The molecular formula is C22H20N2O4S2. The maximum Gasteiger partial charge on any atom is 0.227 e. The molecule has 6 nitrogen and oxygen atoms in total. The van der Waals surface area contributed by atoms with Crippen molar-refractivity contribution in [2.24, 2.45) is 5.92 Å². The van der Waals surface area contributed by atoms with E-state index in [4.69, 9.17) is 4.74 Å². The number of anilines is 1. The summed E-state index contributed by atoms with van der Waals surface area (Å²) in [4.78, 5) is 40.6. The summed E-state index contributed by atoms with van der Waals surface area (Å²) >= 11 is 2.86. The summed E-state index contributed by atoms with van der Waals surface area (Å²) in [6.07, 6.45) is 0.185. The molecular weight excluding hydrogens is 420 g/mol. The van der Waals surface area contributed by atoms with Gasteiger partial charge < -0.3 is 15.0 Å². The molecule has 1 aliphatic heterocycles. The van der Waals surface area contributed by atoms with E-state index in [1.807, 2.05) is 29.0 Å². The third-order valence-corrected chi connectivity index (χ3v) is 6.75. The number of hydrogen-bond donors (Lipinski definition) is 1. The highest BCUT2D eigenvalue weighted by Crippen LogP contribution is 2.27. The first-order valence-electron chi connectivity index (χ1n) is 9.43. The zero-order chi connectivity index (χ0) is 21.1. The van der Waals surface area contributed by atoms with Crippen molar-refractivity contribution in [2.75, 3.05) is 18.6 Å². The number of thiophene rings is 2. The van der Waals surface area contributed by atoms with Crippen LogP contribution < -0.4 is 15.0 Å². The third kappa shape index (κ3) is 4.29. The number of benzene rings is 1. The topological polar surface area (TPSA) is 75.7 Å². The van der Waals surface area contributed by atoms with Crippen molar-refractivity contribution >= 4 is 46.0 Å². The summed E-state index contributed by atoms with van der Waals surface area (Å²) in [5.74, 6) is 0.0906. The van der Waals surface area contributed by atoms with Crippen LogP contribution in [-0.2, 0) is 16.1 Å². The molecule has 0 bridgehead atoms. The number of rotatable bonds is 7. The number of ether oxygens (including phenoxy) is 1. The minimum atomic E-state index is -0.397. The highest BCUT2D eigenvalue weighted by atomic mass is 32.1. The first kappa shape index (κ1) is 20.3. The van der Waals surface area contributed by atoms with Crippen LogP contribution in [0.4, 0.5) is 5.69 Å². The highest BCUT2D eigenvalue weighted by Gasteiger charge is 2.35. The Labute approximate surface area is 182 Å². The summed E-state index contributed by atoms with van der Waals surface area (Å²) < 4.78 is 5.14. The molecule has 1 atom stereocenters. The first-order valence-corrected chi connectivity index (χ1v) is 11.2. The van der Waals surface area contributed by atoms with Crippen LogP contribution in [0.25, 0.3) is 0 Å². The fraction of sp³-hybridized carbons (Fsp3) is 0.227. The van der Waals surface area contributed by atoms with Gasteiger partial charge in [-0.05, 0) is 47.8 Å². The molecule has 30 heavy (non-hydrogen) atoms. The number of nitrogens with zero attached hydrogens (tertiary/aromatic N) is 1. The van der Waals surface area contributed by atoms with Gasteiger partial charge in [0.15, 0.2) is 0 Å². The summed E-state index contributed by atoms with van der Waals surface area (Å²) in [6.45, 7) is 0.691. The van der Waals surface area contributed by atoms with Gasteiger partial charge in [0, 0.05) is 34.5 Å². The standard InChI is InChI=1S/C22H20N2O4S2/c1-28-17-4-2-16(3-5-17)24-12-15(10-20(24)25)22(27)23-11-18-6-7-19(30-18)21(26)14-8-9-29-13-14/h2-9,13,15H,10-12H2,1H3,(H,23,27). The Morgan fingerprint density at radius 2 is 1.97 bits per heavy atom. The summed E-state index contributed by atoms with van der Waals surface area (Å²) in [5, 5.41) is 6.61. The second kappa shape index (κ2) is 8.81. The molecule has 1 unspecified atom stereocenters. The van der Waals surface area contributed by atoms with E-state index in [-0.39, 0.29) is 24.0 Å². The van der Waals surface area contributed by atoms with E-state index in [0.717, 1.165) is 10.6 Å². The number of hydrogen-bond acceptors (Lipinski definition) is 6. The van der Waals surface area contributed by atoms with E-state index in [0.29, 0.717) is 29.3 Å². The van der Waals surface area contributed by atoms with Crippen molar-refractivity contribution in [3.63, 3.8) is 0 Å². The van der Waals surface area contributed by atoms with Crippen LogP contribution in [-0.4, -0.2) is 31.3 Å². The lowest BCUT2D eigenvalue weighted by molar-refractivity contribution is -0.126. The number of methoxy groups -OCH3 is 1. The number of carbonyl (C=O) groups excluding carboxylic acids is 3. The maximum absolute atomic E-state index is 12.6. The Morgan fingerprint density at radius 3 is 2.67 bits per heavy atom. The number of nitrogens with one attached hydrogen (secondary N) is 1. The van der Waals surface area contributed by atoms with E-state index >= 15 is 0 Å². The first-order chi connectivity index (χ1) is 14.5. The smallest absolute Gasteiger partial charge is 0.227 e. The Kier molecular flexibility index (Phi) is 5.96. The highest BCUT2D eigenvalue weighted by molar-refractivity contribution is 7.14. The molecule has 3 aromatic rings. The minimum absolute atomic E-state index is 0.00431. The second-order valence-corrected chi connectivity index (χ2v) is 8.88. The Bertz CT molecular complexity index is 1060. The zero-order valence-corrected chi connectivity index (χ0v) is 17.9. The van der Waals surface area contributed by atoms with Crippen molar-refractivity contribution in [2.45, 2.75) is 13.0 Å². The van der Waals surface area contributed by atoms with E-state index in [9.17, 15) is 14.4 Å². The lowest BCUT2D eigenvalue weighted by atomic mass is 10.1. The molecule has 3 heterocycles. The van der Waals surface area contributed by atoms with Gasteiger partial charge in [-0.2, -0.15) is 11.3 Å². The van der Waals surface area contributed by atoms with Crippen molar-refractivity contribution in [1.82, 2.24) is 5.32 Å². The fourth-order valence-corrected chi connectivity index (χ4v) is 4.89. The average Bonchev–Trinajstić information content (AvgIpc) is 3.52. The molecule has 2 amide bonds. The molecule has 4 rings (SSSR count). The number of ketones is 1. The average molecular weight is 441 g/mol. The van der Waals surface area contributed by atoms with Gasteiger partial charge in [-0.25, -0.2) is 0 Å². The summed E-state index contributed by atoms with van der Waals surface area (Å²) in [5.41, 5.74) is 1.44. The van der Waals surface area contributed by atoms with Crippen LogP contribution in [0.3, 0.4) is 0 Å². The van der Waals surface area contributed by atoms with Gasteiger partial charge in [-0.15, -0.1) is 11.3 Å². The third-order valence-electron chi connectivity index (χ3n) is 4.99. The van der Waals surface area contributed by atoms with E-state index in [2.05, 4.69) is 5.32 Å². The molecule has 1 fully saturated rings. The molecule has 2 aromatic heterocycles. The molecule has 0 radical (unpaired) electrons. The summed E-state index contributed by atoms with van der Waals surface area (Å²) in [6, 6.07) is 12.7. The van der Waals surface area contributed by atoms with Gasteiger partial charge in [0.05, 0.1) is 24.4 Å². The van der Waals surface area contributed by atoms with Crippen molar-refractivity contribution in [1.29, 1.82) is 0 Å². The predicted molar refractivity (Wildman–Crippen MR) is 117 cm³/mol. The molecule has 0 aliphatic carbocycles. The molecule has 1 aromatic carbocycles. The molecule has 154 valence electrons. The van der Waals surface area contributed by atoms with Crippen LogP contribution >= 0.6 is 22.7 Å². The number of amides is 2. The van der Waals surface area contributed by atoms with Gasteiger partial charge in [-0.1, -0.05) is 0 Å². The molecule has 1 saturated heterocycles. The quantitative estimate of drug-likeness (QED) is 0.568. The van der Waals surface area contributed by atoms with Crippen LogP contribution in [0.5, 0.6) is 5.75 Å². The monoisotopic (exact) mass is 440 g/mol. The number of carbonyl (C=O) groups is 3. The van der Waals surface area contributed by atoms with E-state index < -0.39 is 5.92 Å². The minimum Gasteiger partial charge on any atom is -0.497 e. The molecule has 1 aliphatic rings. The van der Waals surface area contributed by atoms with Crippen molar-refractivity contribution in [3.8, 4) is 5.75 Å². The van der Waals surface area contributed by atoms with E-state index in [1.165, 1.54) is 22.7 Å². The van der Waals surface area contributed by atoms with Gasteiger partial charge >= 0.3 is 0 Å². The van der Waals surface area contributed by atoms with Gasteiger partial charge in [0.25, 0.3) is 0 Å². The Balaban J connectivity index is 1.33. The summed E-state index contributed by atoms with van der Waals surface area (Å²) in [7, 11) is 1.59. The van der Waals surface area contributed by atoms with E-state index in [1.54, 1.807) is 36.3 Å². The largest absolute Gasteiger partial charge is 0.497 e. The van der Waals surface area contributed by atoms with Crippen LogP contribution in [0.15, 0.2) is 53.2 Å². The molecule has 0 spiro atoms. The lowest BCUT2D eigenvalue weighted by Crippen LogP contribution is -2.32. The van der Waals surface area contributed by atoms with Gasteiger partial charge in [-0.3, -0.25) is 14.4 Å². The van der Waals surface area contributed by atoms with Crippen molar-refractivity contribution < 1.29 is 19.1 Å². The fourth-order valence-electron chi connectivity index (χ4n) is 3.34. The van der Waals surface area contributed by atoms with Crippen LogP contribution in [0.2, 0.25) is 0 Å². The zero-order valence-electron chi connectivity index (χ0n) is 16.3. The van der Waals surface area contributed by atoms with Crippen molar-refractivity contribution in [3.05, 3.63) is 68.5 Å². The second-order valence-electron chi connectivity index (χ2n) is 6.93. The Morgan fingerprint density at radius 1 is 1.17 bits per heavy atom. The van der Waals surface area contributed by atoms with Crippen LogP contribution in [0, 0.1) is 5.92 Å². The SMILES string of the molecule is COc1ccc(N2CC(C(=O)NCc3ccc(C(=O)c4ccsc4)s3)CC2=O)cc1. The molecule has 1 N–H and O–H groups in total.